The minimum absolute atomic E-state index is 0.230. The van der Waals surface area contributed by atoms with E-state index in [4.69, 9.17) is 4.74 Å². The number of hydrogen-bond donors (Lipinski definition) is 0. The average Bonchev–Trinajstić information content (AvgIpc) is 2.09. The van der Waals surface area contributed by atoms with Crippen molar-refractivity contribution in [2.24, 2.45) is 0 Å². The molecule has 1 aromatic carbocycles. The fraction of sp³-hybridized carbons (Fsp3) is 0.400. The summed E-state index contributed by atoms with van der Waals surface area (Å²) in [4.78, 5) is 0. The van der Waals surface area contributed by atoms with E-state index in [0.717, 1.165) is 23.1 Å². The highest BCUT2D eigenvalue weighted by Crippen LogP contribution is 2.18. The molecule has 1 rings (SSSR count). The Kier molecular flexibility index (Phi) is 4.39. The zero-order valence-corrected chi connectivity index (χ0v) is 9.10. The van der Waals surface area contributed by atoms with Gasteiger partial charge >= 0.3 is 0 Å². The minimum atomic E-state index is -0.230. The van der Waals surface area contributed by atoms with Gasteiger partial charge in [0, 0.05) is 11.1 Å². The quantitative estimate of drug-likeness (QED) is 0.739. The van der Waals surface area contributed by atoms with Gasteiger partial charge in [0.15, 0.2) is 0 Å². The Morgan fingerprint density at radius 2 is 2.23 bits per heavy atom. The summed E-state index contributed by atoms with van der Waals surface area (Å²) in [5.41, 5.74) is 0.981. The van der Waals surface area contributed by atoms with Gasteiger partial charge in [0.05, 0.1) is 6.61 Å². The highest BCUT2D eigenvalue weighted by Gasteiger charge is 2.00. The van der Waals surface area contributed by atoms with Crippen LogP contribution in [0.5, 0.6) is 0 Å². The van der Waals surface area contributed by atoms with Crippen molar-refractivity contribution in [1.82, 2.24) is 0 Å². The van der Waals surface area contributed by atoms with Crippen LogP contribution in [0.15, 0.2) is 22.7 Å². The monoisotopic (exact) mass is 246 g/mol. The van der Waals surface area contributed by atoms with Gasteiger partial charge in [-0.3, -0.25) is 0 Å². The number of ether oxygens (including phenoxy) is 1. The summed E-state index contributed by atoms with van der Waals surface area (Å²) in [6.07, 6.45) is 0.999. The second-order valence-electron chi connectivity index (χ2n) is 2.79. The van der Waals surface area contributed by atoms with E-state index in [9.17, 15) is 4.39 Å². The lowest BCUT2D eigenvalue weighted by Gasteiger charge is -2.04. The minimum Gasteiger partial charge on any atom is -0.377 e. The topological polar surface area (TPSA) is 9.23 Å². The summed E-state index contributed by atoms with van der Waals surface area (Å²) in [7, 11) is 0. The zero-order chi connectivity index (χ0) is 9.68. The van der Waals surface area contributed by atoms with Crippen LogP contribution in [0.2, 0.25) is 0 Å². The molecule has 0 aromatic heterocycles. The maximum atomic E-state index is 12.7. The van der Waals surface area contributed by atoms with Crippen LogP contribution in [0, 0.1) is 5.82 Å². The summed E-state index contributed by atoms with van der Waals surface area (Å²) in [5.74, 6) is -0.230. The first-order valence-corrected chi connectivity index (χ1v) is 5.05. The molecule has 0 N–H and O–H groups in total. The lowest BCUT2D eigenvalue weighted by molar-refractivity contribution is 0.121. The predicted octanol–water partition coefficient (Wildman–Crippen LogP) is 3.51. The average molecular weight is 247 g/mol. The van der Waals surface area contributed by atoms with Gasteiger partial charge in [0.1, 0.15) is 5.82 Å². The Hall–Kier alpha value is -0.410. The Bertz CT molecular complexity index is 276. The Morgan fingerprint density at radius 3 is 2.85 bits per heavy atom. The Balaban J connectivity index is 2.56. The molecular formula is C10H12BrFO. The van der Waals surface area contributed by atoms with Crippen LogP contribution >= 0.6 is 15.9 Å². The van der Waals surface area contributed by atoms with E-state index in [1.807, 2.05) is 0 Å². The number of hydrogen-bond acceptors (Lipinski definition) is 1. The van der Waals surface area contributed by atoms with Crippen LogP contribution in [-0.4, -0.2) is 6.61 Å². The van der Waals surface area contributed by atoms with Gasteiger partial charge in [0.25, 0.3) is 0 Å². The van der Waals surface area contributed by atoms with Gasteiger partial charge in [-0.1, -0.05) is 28.9 Å². The molecule has 0 unspecified atom stereocenters. The van der Waals surface area contributed by atoms with Crippen LogP contribution in [-0.2, 0) is 11.3 Å². The zero-order valence-electron chi connectivity index (χ0n) is 7.52. The van der Waals surface area contributed by atoms with Crippen molar-refractivity contribution in [2.45, 2.75) is 20.0 Å². The van der Waals surface area contributed by atoms with Gasteiger partial charge in [-0.25, -0.2) is 4.39 Å². The van der Waals surface area contributed by atoms with E-state index in [0.29, 0.717) is 6.61 Å². The summed E-state index contributed by atoms with van der Waals surface area (Å²) in [6.45, 7) is 3.33. The van der Waals surface area contributed by atoms with E-state index in [2.05, 4.69) is 22.9 Å². The van der Waals surface area contributed by atoms with E-state index < -0.39 is 0 Å². The first kappa shape index (κ1) is 10.7. The molecule has 0 aliphatic rings. The summed E-state index contributed by atoms with van der Waals surface area (Å²) < 4.78 is 18.8. The maximum absolute atomic E-state index is 12.7. The number of rotatable bonds is 4. The largest absolute Gasteiger partial charge is 0.377 e. The molecule has 0 saturated heterocycles. The third-order valence-corrected chi connectivity index (χ3v) is 2.36. The molecule has 0 saturated carbocycles. The van der Waals surface area contributed by atoms with E-state index in [1.165, 1.54) is 12.1 Å². The molecule has 0 radical (unpaired) electrons. The first-order chi connectivity index (χ1) is 6.24. The molecule has 72 valence electrons. The third kappa shape index (κ3) is 3.44. The normalized spacial score (nSPS) is 10.4. The summed E-state index contributed by atoms with van der Waals surface area (Å²) in [6, 6.07) is 4.62. The Morgan fingerprint density at radius 1 is 1.46 bits per heavy atom. The first-order valence-electron chi connectivity index (χ1n) is 4.25. The molecule has 13 heavy (non-hydrogen) atoms. The van der Waals surface area contributed by atoms with Crippen LogP contribution in [0.3, 0.4) is 0 Å². The van der Waals surface area contributed by atoms with Crippen LogP contribution in [0.1, 0.15) is 18.9 Å². The van der Waals surface area contributed by atoms with E-state index in [1.54, 1.807) is 6.07 Å². The Labute approximate surface area is 86.0 Å². The fourth-order valence-corrected chi connectivity index (χ4v) is 1.43. The van der Waals surface area contributed by atoms with Crippen LogP contribution in [0.4, 0.5) is 4.39 Å². The summed E-state index contributed by atoms with van der Waals surface area (Å²) in [5, 5.41) is 0. The van der Waals surface area contributed by atoms with Crippen molar-refractivity contribution in [2.75, 3.05) is 6.61 Å². The van der Waals surface area contributed by atoms with Crippen molar-refractivity contribution >= 4 is 15.9 Å². The van der Waals surface area contributed by atoms with Gasteiger partial charge in [-0.15, -0.1) is 0 Å². The molecule has 0 amide bonds. The van der Waals surface area contributed by atoms with E-state index in [-0.39, 0.29) is 5.82 Å². The second kappa shape index (κ2) is 5.35. The van der Waals surface area contributed by atoms with Crippen molar-refractivity contribution in [3.63, 3.8) is 0 Å². The number of benzene rings is 1. The molecule has 0 fully saturated rings. The van der Waals surface area contributed by atoms with Crippen molar-refractivity contribution < 1.29 is 9.13 Å². The highest BCUT2D eigenvalue weighted by molar-refractivity contribution is 9.10. The summed E-state index contributed by atoms with van der Waals surface area (Å²) >= 11 is 3.28. The van der Waals surface area contributed by atoms with Crippen molar-refractivity contribution in [1.29, 1.82) is 0 Å². The van der Waals surface area contributed by atoms with E-state index >= 15 is 0 Å². The smallest absolute Gasteiger partial charge is 0.124 e. The van der Waals surface area contributed by atoms with Crippen molar-refractivity contribution in [3.8, 4) is 0 Å². The van der Waals surface area contributed by atoms with Gasteiger partial charge < -0.3 is 4.74 Å². The fourth-order valence-electron chi connectivity index (χ4n) is 0.965. The third-order valence-electron chi connectivity index (χ3n) is 1.62. The number of halogens is 2. The molecule has 0 aliphatic heterocycles. The second-order valence-corrected chi connectivity index (χ2v) is 3.64. The van der Waals surface area contributed by atoms with Gasteiger partial charge in [-0.2, -0.15) is 0 Å². The lowest BCUT2D eigenvalue weighted by Crippen LogP contribution is -1.95. The highest BCUT2D eigenvalue weighted by atomic mass is 79.9. The molecule has 3 heteroatoms. The SMILES string of the molecule is CCCOCc1ccc(F)cc1Br. The molecule has 1 aromatic rings. The van der Waals surface area contributed by atoms with Gasteiger partial charge in [-0.05, 0) is 24.1 Å². The lowest BCUT2D eigenvalue weighted by atomic mass is 10.2. The molecule has 0 bridgehead atoms. The van der Waals surface area contributed by atoms with Crippen LogP contribution < -0.4 is 0 Å². The molecule has 0 spiro atoms. The maximum Gasteiger partial charge on any atom is 0.124 e. The standard InChI is InChI=1S/C10H12BrFO/c1-2-5-13-7-8-3-4-9(12)6-10(8)11/h3-4,6H,2,5,7H2,1H3. The van der Waals surface area contributed by atoms with Crippen LogP contribution in [0.25, 0.3) is 0 Å². The molecule has 0 aliphatic carbocycles. The predicted molar refractivity (Wildman–Crippen MR) is 54.0 cm³/mol. The molecule has 0 atom stereocenters. The van der Waals surface area contributed by atoms with Crippen molar-refractivity contribution in [3.05, 3.63) is 34.1 Å². The van der Waals surface area contributed by atoms with Gasteiger partial charge in [0.2, 0.25) is 0 Å². The molecule has 0 heterocycles. The molecular weight excluding hydrogens is 235 g/mol. The molecule has 1 nitrogen and oxygen atoms in total.